The lowest BCUT2D eigenvalue weighted by Crippen LogP contribution is -2.06. The monoisotopic (exact) mass is 337 g/mol. The average molecular weight is 337 g/mol. The summed E-state index contributed by atoms with van der Waals surface area (Å²) in [6, 6.07) is 13.5. The van der Waals surface area contributed by atoms with Gasteiger partial charge in [-0.25, -0.2) is 9.48 Å². The van der Waals surface area contributed by atoms with Crippen LogP contribution in [0.3, 0.4) is 0 Å². The molecule has 1 aromatic heterocycles. The molecule has 7 heteroatoms. The third kappa shape index (κ3) is 3.72. The zero-order valence-corrected chi connectivity index (χ0v) is 13.5. The van der Waals surface area contributed by atoms with E-state index in [1.807, 2.05) is 36.5 Å². The van der Waals surface area contributed by atoms with Gasteiger partial charge in [-0.05, 0) is 42.8 Å². The van der Waals surface area contributed by atoms with Crippen LogP contribution in [0, 0.1) is 17.0 Å². The van der Waals surface area contributed by atoms with Crippen LogP contribution in [0.5, 0.6) is 0 Å². The molecule has 25 heavy (non-hydrogen) atoms. The van der Waals surface area contributed by atoms with Gasteiger partial charge in [-0.3, -0.25) is 10.1 Å². The number of carbonyl (C=O) groups is 1. The molecule has 0 saturated carbocycles. The van der Waals surface area contributed by atoms with Gasteiger partial charge in [-0.2, -0.15) is 5.10 Å². The third-order valence-electron chi connectivity index (χ3n) is 3.70. The van der Waals surface area contributed by atoms with Crippen LogP contribution < -0.4 is 0 Å². The van der Waals surface area contributed by atoms with Crippen molar-refractivity contribution in [3.8, 4) is 5.69 Å². The summed E-state index contributed by atoms with van der Waals surface area (Å²) >= 11 is 0. The highest BCUT2D eigenvalue weighted by Crippen LogP contribution is 2.19. The SMILES string of the molecule is Cc1cc(C(=O)OCc2ccc(-n3cccn3)cc2)ccc1[N+](=O)[O-]. The summed E-state index contributed by atoms with van der Waals surface area (Å²) in [6.45, 7) is 1.71. The van der Waals surface area contributed by atoms with E-state index < -0.39 is 10.9 Å². The highest BCUT2D eigenvalue weighted by Gasteiger charge is 2.14. The number of ether oxygens (including phenoxy) is 1. The van der Waals surface area contributed by atoms with Gasteiger partial charge < -0.3 is 4.74 Å². The third-order valence-corrected chi connectivity index (χ3v) is 3.70. The molecule has 0 aliphatic carbocycles. The number of nitro groups is 1. The van der Waals surface area contributed by atoms with Crippen LogP contribution in [0.1, 0.15) is 21.5 Å². The predicted octanol–water partition coefficient (Wildman–Crippen LogP) is 3.45. The van der Waals surface area contributed by atoms with Crippen LogP contribution in [0.2, 0.25) is 0 Å². The van der Waals surface area contributed by atoms with Crippen molar-refractivity contribution in [2.75, 3.05) is 0 Å². The number of hydrogen-bond donors (Lipinski definition) is 0. The molecule has 0 unspecified atom stereocenters. The molecule has 0 fully saturated rings. The normalized spacial score (nSPS) is 10.4. The smallest absolute Gasteiger partial charge is 0.338 e. The Balaban J connectivity index is 1.64. The number of nitrogens with zero attached hydrogens (tertiary/aromatic N) is 3. The fourth-order valence-electron chi connectivity index (χ4n) is 2.39. The Morgan fingerprint density at radius 1 is 1.24 bits per heavy atom. The molecule has 0 spiro atoms. The number of rotatable bonds is 5. The lowest BCUT2D eigenvalue weighted by molar-refractivity contribution is -0.385. The zero-order valence-electron chi connectivity index (χ0n) is 13.5. The van der Waals surface area contributed by atoms with Crippen LogP contribution >= 0.6 is 0 Å². The van der Waals surface area contributed by atoms with Crippen LogP contribution in [-0.4, -0.2) is 20.7 Å². The maximum atomic E-state index is 12.1. The molecule has 7 nitrogen and oxygen atoms in total. The van der Waals surface area contributed by atoms with Crippen molar-refractivity contribution in [1.29, 1.82) is 0 Å². The summed E-state index contributed by atoms with van der Waals surface area (Å²) in [7, 11) is 0. The molecule has 0 atom stereocenters. The summed E-state index contributed by atoms with van der Waals surface area (Å²) in [5.41, 5.74) is 2.43. The first-order chi connectivity index (χ1) is 12.0. The van der Waals surface area contributed by atoms with Crippen molar-refractivity contribution < 1.29 is 14.5 Å². The van der Waals surface area contributed by atoms with Crippen LogP contribution in [-0.2, 0) is 11.3 Å². The number of esters is 1. The predicted molar refractivity (Wildman–Crippen MR) is 90.5 cm³/mol. The summed E-state index contributed by atoms with van der Waals surface area (Å²) in [5.74, 6) is -0.519. The van der Waals surface area contributed by atoms with E-state index in [1.54, 1.807) is 17.8 Å². The molecule has 0 aliphatic heterocycles. The summed E-state index contributed by atoms with van der Waals surface area (Å²) in [5, 5.41) is 15.0. The van der Waals surface area contributed by atoms with Gasteiger partial charge in [-0.1, -0.05) is 12.1 Å². The van der Waals surface area contributed by atoms with Gasteiger partial charge in [0.05, 0.1) is 16.2 Å². The minimum absolute atomic E-state index is 0.0224. The fourth-order valence-corrected chi connectivity index (χ4v) is 2.39. The lowest BCUT2D eigenvalue weighted by Gasteiger charge is -2.07. The Morgan fingerprint density at radius 3 is 2.60 bits per heavy atom. The van der Waals surface area contributed by atoms with Gasteiger partial charge >= 0.3 is 5.97 Å². The fraction of sp³-hybridized carbons (Fsp3) is 0.111. The van der Waals surface area contributed by atoms with Crippen molar-refractivity contribution >= 4 is 11.7 Å². The summed E-state index contributed by atoms with van der Waals surface area (Å²) in [4.78, 5) is 22.4. The second kappa shape index (κ2) is 6.96. The van der Waals surface area contributed by atoms with Crippen molar-refractivity contribution in [2.45, 2.75) is 13.5 Å². The number of hydrogen-bond acceptors (Lipinski definition) is 5. The number of aryl methyl sites for hydroxylation is 1. The molecule has 0 bridgehead atoms. The highest BCUT2D eigenvalue weighted by molar-refractivity contribution is 5.90. The molecular formula is C18H15N3O4. The Labute approximate surface area is 143 Å². The van der Waals surface area contributed by atoms with E-state index in [2.05, 4.69) is 5.10 Å². The van der Waals surface area contributed by atoms with Gasteiger partial charge in [0.25, 0.3) is 5.69 Å². The molecule has 3 aromatic rings. The van der Waals surface area contributed by atoms with Gasteiger partial charge in [0.2, 0.25) is 0 Å². The molecule has 3 rings (SSSR count). The van der Waals surface area contributed by atoms with Crippen molar-refractivity contribution in [3.05, 3.63) is 87.7 Å². The topological polar surface area (TPSA) is 87.3 Å². The van der Waals surface area contributed by atoms with Crippen LogP contribution in [0.15, 0.2) is 60.9 Å². The summed E-state index contributed by atoms with van der Waals surface area (Å²) < 4.78 is 7.00. The number of benzene rings is 2. The molecule has 0 amide bonds. The average Bonchev–Trinajstić information content (AvgIpc) is 3.14. The van der Waals surface area contributed by atoms with Crippen molar-refractivity contribution in [2.24, 2.45) is 0 Å². The molecule has 0 radical (unpaired) electrons. The number of carbonyl (C=O) groups excluding carboxylic acids is 1. The van der Waals surface area contributed by atoms with Crippen LogP contribution in [0.4, 0.5) is 5.69 Å². The van der Waals surface area contributed by atoms with E-state index in [1.165, 1.54) is 18.2 Å². The molecule has 126 valence electrons. The van der Waals surface area contributed by atoms with Gasteiger partial charge in [0.1, 0.15) is 6.61 Å². The van der Waals surface area contributed by atoms with Crippen molar-refractivity contribution in [1.82, 2.24) is 9.78 Å². The van der Waals surface area contributed by atoms with E-state index in [-0.39, 0.29) is 17.9 Å². The van der Waals surface area contributed by atoms with E-state index in [0.29, 0.717) is 5.56 Å². The van der Waals surface area contributed by atoms with Crippen LogP contribution in [0.25, 0.3) is 5.69 Å². The van der Waals surface area contributed by atoms with E-state index in [9.17, 15) is 14.9 Å². The Hall–Kier alpha value is -3.48. The molecule has 0 N–H and O–H groups in total. The summed E-state index contributed by atoms with van der Waals surface area (Å²) in [6.07, 6.45) is 3.54. The van der Waals surface area contributed by atoms with Gasteiger partial charge in [-0.15, -0.1) is 0 Å². The Bertz CT molecular complexity index is 903. The minimum Gasteiger partial charge on any atom is -0.457 e. The van der Waals surface area contributed by atoms with Crippen molar-refractivity contribution in [3.63, 3.8) is 0 Å². The Kier molecular flexibility index (Phi) is 4.56. The molecule has 1 heterocycles. The second-order valence-corrected chi connectivity index (χ2v) is 5.45. The first kappa shape index (κ1) is 16.4. The lowest BCUT2D eigenvalue weighted by atomic mass is 10.1. The van der Waals surface area contributed by atoms with Gasteiger partial charge in [0, 0.05) is 24.0 Å². The maximum absolute atomic E-state index is 12.1. The van der Waals surface area contributed by atoms with E-state index >= 15 is 0 Å². The highest BCUT2D eigenvalue weighted by atomic mass is 16.6. The maximum Gasteiger partial charge on any atom is 0.338 e. The number of aromatic nitrogens is 2. The first-order valence-electron chi connectivity index (χ1n) is 7.56. The second-order valence-electron chi connectivity index (χ2n) is 5.45. The van der Waals surface area contributed by atoms with E-state index in [4.69, 9.17) is 4.74 Å². The Morgan fingerprint density at radius 2 is 2.00 bits per heavy atom. The molecule has 0 aliphatic rings. The quantitative estimate of drug-likeness (QED) is 0.404. The zero-order chi connectivity index (χ0) is 17.8. The molecular weight excluding hydrogens is 322 g/mol. The molecule has 0 saturated heterocycles. The standard InChI is InChI=1S/C18H15N3O4/c1-13-11-15(5-8-17(13)21(23)24)18(22)25-12-14-3-6-16(7-4-14)20-10-2-9-19-20/h2-11H,12H2,1H3. The largest absolute Gasteiger partial charge is 0.457 e. The van der Waals surface area contributed by atoms with Gasteiger partial charge in [0.15, 0.2) is 0 Å². The molecule has 2 aromatic carbocycles. The first-order valence-corrected chi connectivity index (χ1v) is 7.56. The van der Waals surface area contributed by atoms with E-state index in [0.717, 1.165) is 11.3 Å². The minimum atomic E-state index is -0.519. The number of nitro benzene ring substituents is 1.